The summed E-state index contributed by atoms with van der Waals surface area (Å²) in [4.78, 5) is 0. The Kier molecular flexibility index (Phi) is 7.29. The lowest BCUT2D eigenvalue weighted by Gasteiger charge is -2.17. The van der Waals surface area contributed by atoms with Gasteiger partial charge in [0, 0.05) is 20.2 Å². The molecule has 0 N–H and O–H groups in total. The number of benzene rings is 3. The van der Waals surface area contributed by atoms with Crippen molar-refractivity contribution in [3.63, 3.8) is 0 Å². The van der Waals surface area contributed by atoms with E-state index in [1.54, 1.807) is 0 Å². The Morgan fingerprint density at radius 1 is 0.759 bits per heavy atom. The van der Waals surface area contributed by atoms with E-state index >= 15 is 0 Å². The quantitative estimate of drug-likeness (QED) is 0.280. The Morgan fingerprint density at radius 2 is 1.45 bits per heavy atom. The van der Waals surface area contributed by atoms with E-state index in [4.69, 9.17) is 9.47 Å². The van der Waals surface area contributed by atoms with Crippen LogP contribution in [0.25, 0.3) is 11.1 Å². The van der Waals surface area contributed by atoms with Gasteiger partial charge in [0.2, 0.25) is 0 Å². The summed E-state index contributed by atoms with van der Waals surface area (Å²) in [5.41, 5.74) is 5.98. The second kappa shape index (κ2) is 9.90. The van der Waals surface area contributed by atoms with Crippen molar-refractivity contribution in [3.05, 3.63) is 89.5 Å². The van der Waals surface area contributed by atoms with Crippen molar-refractivity contribution in [2.24, 2.45) is 0 Å². The normalized spacial score (nSPS) is 11.4. The molecule has 3 aromatic carbocycles. The standard InChI is InChI=1S/C26H32O2Si/c1-21-10-15-26(25(18-21)20-27-16-17-29(2,3)4)28-19-22-11-13-24(14-12-22)23-8-6-5-7-9-23/h5-15,18H,16-17,19-20H2,1-4H3. The number of hydrogen-bond donors (Lipinski definition) is 0. The maximum atomic E-state index is 6.15. The fourth-order valence-electron chi connectivity index (χ4n) is 3.11. The van der Waals surface area contributed by atoms with E-state index in [0.29, 0.717) is 13.2 Å². The van der Waals surface area contributed by atoms with Crippen molar-refractivity contribution in [2.75, 3.05) is 6.61 Å². The lowest BCUT2D eigenvalue weighted by Crippen LogP contribution is -2.21. The molecule has 3 heteroatoms. The number of aryl methyl sites for hydroxylation is 1. The third-order valence-corrected chi connectivity index (χ3v) is 6.63. The van der Waals surface area contributed by atoms with Crippen molar-refractivity contribution in [3.8, 4) is 16.9 Å². The molecule has 0 spiro atoms. The molecule has 2 nitrogen and oxygen atoms in total. The van der Waals surface area contributed by atoms with E-state index in [1.807, 2.05) is 6.07 Å². The van der Waals surface area contributed by atoms with Crippen LogP contribution in [0.15, 0.2) is 72.8 Å². The number of ether oxygens (including phenoxy) is 2. The lowest BCUT2D eigenvalue weighted by atomic mass is 10.0. The molecule has 0 bridgehead atoms. The molecular formula is C26H32O2Si. The van der Waals surface area contributed by atoms with Crippen LogP contribution >= 0.6 is 0 Å². The van der Waals surface area contributed by atoms with Crippen molar-refractivity contribution < 1.29 is 9.47 Å². The van der Waals surface area contributed by atoms with Gasteiger partial charge in [0.25, 0.3) is 0 Å². The summed E-state index contributed by atoms with van der Waals surface area (Å²) in [6.07, 6.45) is 0. The summed E-state index contributed by atoms with van der Waals surface area (Å²) < 4.78 is 12.1. The molecule has 0 saturated heterocycles. The zero-order valence-corrected chi connectivity index (χ0v) is 19.1. The summed E-state index contributed by atoms with van der Waals surface area (Å²) >= 11 is 0. The molecule has 3 aromatic rings. The van der Waals surface area contributed by atoms with Crippen molar-refractivity contribution in [1.29, 1.82) is 0 Å². The smallest absolute Gasteiger partial charge is 0.125 e. The van der Waals surface area contributed by atoms with Gasteiger partial charge in [-0.05, 0) is 35.7 Å². The third-order valence-electron chi connectivity index (χ3n) is 4.93. The highest BCUT2D eigenvalue weighted by atomic mass is 28.3. The highest BCUT2D eigenvalue weighted by molar-refractivity contribution is 6.76. The van der Waals surface area contributed by atoms with Gasteiger partial charge in [-0.25, -0.2) is 0 Å². The van der Waals surface area contributed by atoms with Crippen LogP contribution in [0.3, 0.4) is 0 Å². The van der Waals surface area contributed by atoms with E-state index in [-0.39, 0.29) is 0 Å². The first-order valence-corrected chi connectivity index (χ1v) is 14.1. The highest BCUT2D eigenvalue weighted by Crippen LogP contribution is 2.24. The molecule has 152 valence electrons. The zero-order chi connectivity index (χ0) is 20.7. The largest absolute Gasteiger partial charge is 0.489 e. The van der Waals surface area contributed by atoms with Gasteiger partial charge in [-0.2, -0.15) is 0 Å². The molecular weight excluding hydrogens is 372 g/mol. The van der Waals surface area contributed by atoms with Crippen molar-refractivity contribution >= 4 is 8.07 Å². The SMILES string of the molecule is Cc1ccc(OCc2ccc(-c3ccccc3)cc2)c(COCC[Si](C)(C)C)c1. The number of hydrogen-bond acceptors (Lipinski definition) is 2. The molecule has 0 atom stereocenters. The molecule has 0 radical (unpaired) electrons. The van der Waals surface area contributed by atoms with Crippen LogP contribution in [-0.2, 0) is 18.0 Å². The first-order chi connectivity index (χ1) is 13.9. The molecule has 0 unspecified atom stereocenters. The van der Waals surface area contributed by atoms with E-state index in [2.05, 4.69) is 93.3 Å². The van der Waals surface area contributed by atoms with Crippen LogP contribution in [0, 0.1) is 6.92 Å². The van der Waals surface area contributed by atoms with Crippen LogP contribution in [0.2, 0.25) is 25.7 Å². The molecule has 0 aliphatic rings. The minimum Gasteiger partial charge on any atom is -0.489 e. The van der Waals surface area contributed by atoms with Gasteiger partial charge < -0.3 is 9.47 Å². The molecule has 0 aliphatic carbocycles. The maximum absolute atomic E-state index is 6.15. The Balaban J connectivity index is 1.60. The van der Waals surface area contributed by atoms with Crippen LogP contribution in [-0.4, -0.2) is 14.7 Å². The van der Waals surface area contributed by atoms with Gasteiger partial charge in [-0.15, -0.1) is 0 Å². The van der Waals surface area contributed by atoms with E-state index in [1.165, 1.54) is 22.7 Å². The van der Waals surface area contributed by atoms with Crippen LogP contribution in [0.1, 0.15) is 16.7 Å². The van der Waals surface area contributed by atoms with Crippen LogP contribution in [0.5, 0.6) is 5.75 Å². The van der Waals surface area contributed by atoms with Crippen LogP contribution in [0.4, 0.5) is 0 Å². The summed E-state index contributed by atoms with van der Waals surface area (Å²) in [5.74, 6) is 0.913. The second-order valence-electron chi connectivity index (χ2n) is 8.83. The van der Waals surface area contributed by atoms with Gasteiger partial charge in [-0.1, -0.05) is 91.9 Å². The average Bonchev–Trinajstić information content (AvgIpc) is 2.71. The summed E-state index contributed by atoms with van der Waals surface area (Å²) in [6.45, 7) is 11.2. The van der Waals surface area contributed by atoms with Gasteiger partial charge >= 0.3 is 0 Å². The molecule has 0 fully saturated rings. The van der Waals surface area contributed by atoms with Gasteiger partial charge in [-0.3, -0.25) is 0 Å². The van der Waals surface area contributed by atoms with E-state index in [0.717, 1.165) is 23.5 Å². The van der Waals surface area contributed by atoms with E-state index in [9.17, 15) is 0 Å². The summed E-state index contributed by atoms with van der Waals surface area (Å²) in [6, 6.07) is 26.5. The minimum absolute atomic E-state index is 0.556. The fourth-order valence-corrected chi connectivity index (χ4v) is 3.86. The molecule has 0 aliphatic heterocycles. The predicted octanol–water partition coefficient (Wildman–Crippen LogP) is 7.10. The Bertz CT molecular complexity index is 896. The molecule has 0 saturated carbocycles. The average molecular weight is 405 g/mol. The first-order valence-electron chi connectivity index (χ1n) is 10.4. The molecule has 0 aromatic heterocycles. The van der Waals surface area contributed by atoms with E-state index < -0.39 is 8.07 Å². The topological polar surface area (TPSA) is 18.5 Å². The number of rotatable bonds is 9. The molecule has 3 rings (SSSR count). The summed E-state index contributed by atoms with van der Waals surface area (Å²) in [5, 5.41) is 0. The summed E-state index contributed by atoms with van der Waals surface area (Å²) in [7, 11) is -1.06. The van der Waals surface area contributed by atoms with Gasteiger partial charge in [0.15, 0.2) is 0 Å². The second-order valence-corrected chi connectivity index (χ2v) is 14.4. The Hall–Kier alpha value is -2.36. The zero-order valence-electron chi connectivity index (χ0n) is 18.1. The monoisotopic (exact) mass is 404 g/mol. The Morgan fingerprint density at radius 3 is 2.14 bits per heavy atom. The van der Waals surface area contributed by atoms with Crippen LogP contribution < -0.4 is 4.74 Å². The van der Waals surface area contributed by atoms with Crippen molar-refractivity contribution in [2.45, 2.75) is 45.8 Å². The molecule has 0 heterocycles. The third kappa shape index (κ3) is 6.88. The van der Waals surface area contributed by atoms with Gasteiger partial charge in [0.05, 0.1) is 6.61 Å². The van der Waals surface area contributed by atoms with Gasteiger partial charge in [0.1, 0.15) is 12.4 Å². The predicted molar refractivity (Wildman–Crippen MR) is 125 cm³/mol. The first kappa shape index (κ1) is 21.3. The highest BCUT2D eigenvalue weighted by Gasteiger charge is 2.13. The van der Waals surface area contributed by atoms with Crippen molar-refractivity contribution in [1.82, 2.24) is 0 Å². The molecule has 29 heavy (non-hydrogen) atoms. The minimum atomic E-state index is -1.06. The molecule has 0 amide bonds. The maximum Gasteiger partial charge on any atom is 0.125 e. The fraction of sp³-hybridized carbons (Fsp3) is 0.308. The lowest BCUT2D eigenvalue weighted by molar-refractivity contribution is 0.130. The Labute approximate surface area is 176 Å².